The van der Waals surface area contributed by atoms with Gasteiger partial charge in [0.05, 0.1) is 12.3 Å². The third kappa shape index (κ3) is 5.64. The van der Waals surface area contributed by atoms with Gasteiger partial charge in [0.25, 0.3) is 0 Å². The molecule has 4 rings (SSSR count). The zero-order valence-corrected chi connectivity index (χ0v) is 19.3. The number of rotatable bonds is 7. The van der Waals surface area contributed by atoms with Gasteiger partial charge < -0.3 is 24.3 Å². The number of hydrogen-bond donors (Lipinski definition) is 1. The molecular weight excluding hydrogens is 459 g/mol. The predicted octanol–water partition coefficient (Wildman–Crippen LogP) is 2.99. The molecule has 174 valence electrons. The first-order valence-corrected chi connectivity index (χ1v) is 12.6. The van der Waals surface area contributed by atoms with Crippen molar-refractivity contribution in [2.45, 2.75) is 30.9 Å². The van der Waals surface area contributed by atoms with Crippen LogP contribution in [-0.4, -0.2) is 57.5 Å². The van der Waals surface area contributed by atoms with Crippen molar-refractivity contribution in [3.8, 4) is 17.2 Å². The van der Waals surface area contributed by atoms with Crippen LogP contribution in [-0.2, 0) is 16.5 Å². The maximum atomic E-state index is 13.6. The summed E-state index contributed by atoms with van der Waals surface area (Å²) in [5.74, 6) is 0.281. The van der Waals surface area contributed by atoms with E-state index in [9.17, 15) is 12.8 Å². The lowest BCUT2D eigenvalue weighted by molar-refractivity contribution is 0.0166. The summed E-state index contributed by atoms with van der Waals surface area (Å²) in [6, 6.07) is 8.80. The van der Waals surface area contributed by atoms with E-state index in [4.69, 9.17) is 31.0 Å². The fourth-order valence-corrected chi connectivity index (χ4v) is 4.89. The summed E-state index contributed by atoms with van der Waals surface area (Å²) in [6.07, 6.45) is 3.52. The van der Waals surface area contributed by atoms with Gasteiger partial charge in [-0.3, -0.25) is 0 Å². The van der Waals surface area contributed by atoms with Gasteiger partial charge in [-0.25, -0.2) is 4.39 Å². The Balaban J connectivity index is 1.28. The van der Waals surface area contributed by atoms with Crippen LogP contribution in [0.2, 0.25) is 5.02 Å². The van der Waals surface area contributed by atoms with Crippen molar-refractivity contribution in [1.29, 1.82) is 0 Å². The Morgan fingerprint density at radius 1 is 1.22 bits per heavy atom. The Hall–Kier alpha value is -2.07. The van der Waals surface area contributed by atoms with Crippen LogP contribution in [0.15, 0.2) is 36.4 Å². The molecular formula is C22H26ClFN2O5S. The van der Waals surface area contributed by atoms with Gasteiger partial charge in [-0.05, 0) is 35.9 Å². The second-order valence-electron chi connectivity index (χ2n) is 8.46. The van der Waals surface area contributed by atoms with Gasteiger partial charge in [0.2, 0.25) is 0 Å². The summed E-state index contributed by atoms with van der Waals surface area (Å²) in [7, 11) is -3.77. The lowest BCUT2D eigenvalue weighted by atomic mass is 9.87. The fourth-order valence-electron chi connectivity index (χ4n) is 4.23. The zero-order chi connectivity index (χ0) is 22.9. The first-order valence-electron chi connectivity index (χ1n) is 10.4. The van der Waals surface area contributed by atoms with Gasteiger partial charge in [0.1, 0.15) is 23.8 Å². The van der Waals surface area contributed by atoms with Crippen LogP contribution in [0, 0.1) is 5.82 Å². The highest BCUT2D eigenvalue weighted by Crippen LogP contribution is 2.42. The first-order chi connectivity index (χ1) is 15.1. The van der Waals surface area contributed by atoms with Gasteiger partial charge in [-0.2, -0.15) is 8.42 Å². The molecule has 0 aromatic heterocycles. The highest BCUT2D eigenvalue weighted by Gasteiger charge is 2.42. The summed E-state index contributed by atoms with van der Waals surface area (Å²) >= 11 is 6.11. The van der Waals surface area contributed by atoms with Crippen molar-refractivity contribution >= 4 is 21.7 Å². The third-order valence-electron chi connectivity index (χ3n) is 5.72. The SMILES string of the molecule is CS(=O)(=O)Oc1ccc(F)cc1OC[C@@H](N)CN1CCC2(CC1)Cc1cc(Cl)ccc1O2. The molecule has 2 aliphatic heterocycles. The standard InChI is InChI=1S/C22H26ClFN2O5S/c1-32(27,28)31-20-5-3-17(24)11-21(20)29-14-18(25)13-26-8-6-22(7-9-26)12-15-10-16(23)2-4-19(15)30-22/h2-5,10-11,18H,6-9,12-14,25H2,1H3/t18-/m0/s1. The number of halogens is 2. The van der Waals surface area contributed by atoms with Crippen molar-refractivity contribution < 1.29 is 26.5 Å². The molecule has 1 saturated heterocycles. The van der Waals surface area contributed by atoms with E-state index in [0.29, 0.717) is 6.54 Å². The summed E-state index contributed by atoms with van der Waals surface area (Å²) in [5.41, 5.74) is 7.19. The minimum absolute atomic E-state index is 0.000692. The Labute approximate surface area is 192 Å². The van der Waals surface area contributed by atoms with E-state index < -0.39 is 15.9 Å². The number of benzene rings is 2. The zero-order valence-electron chi connectivity index (χ0n) is 17.7. The molecule has 2 aromatic rings. The minimum Gasteiger partial charge on any atom is -0.488 e. The topological polar surface area (TPSA) is 91.1 Å². The van der Waals surface area contributed by atoms with Gasteiger partial charge in [-0.1, -0.05) is 11.6 Å². The molecule has 0 amide bonds. The molecule has 2 N–H and O–H groups in total. The summed E-state index contributed by atoms with van der Waals surface area (Å²) in [4.78, 5) is 2.25. The van der Waals surface area contributed by atoms with Gasteiger partial charge in [-0.15, -0.1) is 0 Å². The third-order valence-corrected chi connectivity index (χ3v) is 6.44. The van der Waals surface area contributed by atoms with Crippen LogP contribution in [0.25, 0.3) is 0 Å². The van der Waals surface area contributed by atoms with Crippen LogP contribution in [0.5, 0.6) is 17.2 Å². The molecule has 7 nitrogen and oxygen atoms in total. The number of hydrogen-bond acceptors (Lipinski definition) is 7. The monoisotopic (exact) mass is 484 g/mol. The van der Waals surface area contributed by atoms with Crippen LogP contribution in [0.4, 0.5) is 4.39 Å². The number of likely N-dealkylation sites (tertiary alicyclic amines) is 1. The van der Waals surface area contributed by atoms with Crippen LogP contribution < -0.4 is 19.4 Å². The average molecular weight is 485 g/mol. The van der Waals surface area contributed by atoms with Crippen LogP contribution >= 0.6 is 11.6 Å². The van der Waals surface area contributed by atoms with Crippen molar-refractivity contribution in [3.05, 3.63) is 52.8 Å². The van der Waals surface area contributed by atoms with Gasteiger partial charge in [0.15, 0.2) is 11.5 Å². The van der Waals surface area contributed by atoms with Crippen molar-refractivity contribution in [2.75, 3.05) is 32.5 Å². The largest absolute Gasteiger partial charge is 0.488 e. The fraction of sp³-hybridized carbons (Fsp3) is 0.455. The van der Waals surface area contributed by atoms with Crippen molar-refractivity contribution in [3.63, 3.8) is 0 Å². The van der Waals surface area contributed by atoms with E-state index in [1.54, 1.807) is 0 Å². The molecule has 0 unspecified atom stereocenters. The molecule has 1 fully saturated rings. The van der Waals surface area contributed by atoms with E-state index in [0.717, 1.165) is 67.1 Å². The minimum atomic E-state index is -3.77. The lowest BCUT2D eigenvalue weighted by Crippen LogP contribution is -2.51. The van der Waals surface area contributed by atoms with Crippen molar-refractivity contribution in [2.24, 2.45) is 5.73 Å². The second-order valence-corrected chi connectivity index (χ2v) is 10.5. The van der Waals surface area contributed by atoms with Gasteiger partial charge in [0, 0.05) is 50.0 Å². The molecule has 2 aliphatic rings. The van der Waals surface area contributed by atoms with E-state index >= 15 is 0 Å². The number of nitrogens with zero attached hydrogens (tertiary/aromatic N) is 1. The van der Waals surface area contributed by atoms with Crippen LogP contribution in [0.1, 0.15) is 18.4 Å². The van der Waals surface area contributed by atoms with E-state index in [2.05, 4.69) is 4.90 Å². The summed E-state index contributed by atoms with van der Waals surface area (Å²) < 4.78 is 53.2. The number of ether oxygens (including phenoxy) is 2. The van der Waals surface area contributed by atoms with Crippen LogP contribution in [0.3, 0.4) is 0 Å². The maximum absolute atomic E-state index is 13.6. The molecule has 2 aromatic carbocycles. The van der Waals surface area contributed by atoms with E-state index in [1.165, 1.54) is 6.07 Å². The Kier molecular flexibility index (Phi) is 6.53. The Bertz CT molecular complexity index is 1090. The first kappa shape index (κ1) is 23.1. The molecule has 2 heterocycles. The molecule has 0 saturated carbocycles. The number of piperidine rings is 1. The average Bonchev–Trinajstić information content (AvgIpc) is 3.06. The maximum Gasteiger partial charge on any atom is 0.306 e. The molecule has 10 heteroatoms. The van der Waals surface area contributed by atoms with E-state index in [-0.39, 0.29) is 29.7 Å². The quantitative estimate of drug-likeness (QED) is 0.604. The number of fused-ring (bicyclic) bond motifs is 1. The Morgan fingerprint density at radius 3 is 2.69 bits per heavy atom. The van der Waals surface area contributed by atoms with Gasteiger partial charge >= 0.3 is 10.1 Å². The Morgan fingerprint density at radius 2 is 1.97 bits per heavy atom. The van der Waals surface area contributed by atoms with Crippen molar-refractivity contribution in [1.82, 2.24) is 4.90 Å². The molecule has 0 radical (unpaired) electrons. The summed E-state index contributed by atoms with van der Waals surface area (Å²) in [6.45, 7) is 2.34. The van der Waals surface area contributed by atoms with E-state index in [1.807, 2.05) is 18.2 Å². The number of nitrogens with two attached hydrogens (primary N) is 1. The molecule has 0 bridgehead atoms. The highest BCUT2D eigenvalue weighted by atomic mass is 35.5. The molecule has 0 aliphatic carbocycles. The molecule has 1 atom stereocenters. The smallest absolute Gasteiger partial charge is 0.306 e. The lowest BCUT2D eigenvalue weighted by Gasteiger charge is -2.39. The summed E-state index contributed by atoms with van der Waals surface area (Å²) in [5, 5.41) is 0.719. The predicted molar refractivity (Wildman–Crippen MR) is 120 cm³/mol. The normalized spacial score (nSPS) is 18.8. The molecule has 1 spiro atoms. The molecule has 32 heavy (non-hydrogen) atoms. The highest BCUT2D eigenvalue weighted by molar-refractivity contribution is 7.86. The second kappa shape index (κ2) is 9.05.